The number of nitriles is 1. The van der Waals surface area contributed by atoms with Gasteiger partial charge in [0.05, 0.1) is 20.6 Å². The first-order valence-electron chi connectivity index (χ1n) is 5.80. The Balaban J connectivity index is 2.25. The number of halogens is 3. The Morgan fingerprint density at radius 1 is 1.24 bits per heavy atom. The summed E-state index contributed by atoms with van der Waals surface area (Å²) < 4.78 is 20.4. The van der Waals surface area contributed by atoms with Gasteiger partial charge in [-0.3, -0.25) is 4.79 Å². The number of rotatable bonds is 4. The van der Waals surface area contributed by atoms with Crippen LogP contribution < -0.4 is 4.74 Å². The summed E-state index contributed by atoms with van der Waals surface area (Å²) >= 11 is 6.60. The summed E-state index contributed by atoms with van der Waals surface area (Å²) in [5.41, 5.74) is 1.13. The van der Waals surface area contributed by atoms with Crippen LogP contribution in [0, 0.1) is 17.1 Å². The Hall–Kier alpha value is -1.71. The van der Waals surface area contributed by atoms with Gasteiger partial charge in [0.1, 0.15) is 24.5 Å². The van der Waals surface area contributed by atoms with E-state index in [-0.39, 0.29) is 12.2 Å². The molecule has 106 valence electrons. The van der Waals surface area contributed by atoms with Crippen LogP contribution in [-0.4, -0.2) is 6.29 Å². The first-order chi connectivity index (χ1) is 10.0. The number of aldehydes is 1. The fourth-order valence-electron chi connectivity index (χ4n) is 1.69. The topological polar surface area (TPSA) is 50.1 Å². The van der Waals surface area contributed by atoms with Crippen LogP contribution in [0.25, 0.3) is 0 Å². The second kappa shape index (κ2) is 6.83. The van der Waals surface area contributed by atoms with Crippen molar-refractivity contribution < 1.29 is 13.9 Å². The molecule has 0 N–H and O–H groups in total. The Morgan fingerprint density at radius 2 is 1.90 bits per heavy atom. The van der Waals surface area contributed by atoms with Crippen molar-refractivity contribution >= 4 is 38.1 Å². The summed E-state index contributed by atoms with van der Waals surface area (Å²) in [5.74, 6) is 0.0214. The van der Waals surface area contributed by atoms with Gasteiger partial charge in [-0.1, -0.05) is 0 Å². The fourth-order valence-corrected chi connectivity index (χ4v) is 3.14. The van der Waals surface area contributed by atoms with Gasteiger partial charge in [0.2, 0.25) is 0 Å². The van der Waals surface area contributed by atoms with Crippen LogP contribution in [0.5, 0.6) is 5.75 Å². The van der Waals surface area contributed by atoms with E-state index in [0.29, 0.717) is 25.8 Å². The van der Waals surface area contributed by atoms with Crippen LogP contribution >= 0.6 is 31.9 Å². The van der Waals surface area contributed by atoms with E-state index in [1.807, 2.05) is 6.07 Å². The average Bonchev–Trinajstić information content (AvgIpc) is 2.47. The zero-order valence-corrected chi connectivity index (χ0v) is 13.7. The van der Waals surface area contributed by atoms with Gasteiger partial charge in [-0.15, -0.1) is 0 Å². The van der Waals surface area contributed by atoms with Crippen molar-refractivity contribution in [2.24, 2.45) is 0 Å². The maximum absolute atomic E-state index is 13.7. The summed E-state index contributed by atoms with van der Waals surface area (Å²) in [6, 6.07) is 9.24. The maximum atomic E-state index is 13.7. The molecule has 0 aliphatic carbocycles. The predicted octanol–water partition coefficient (Wildman–Crippen LogP) is 4.61. The van der Waals surface area contributed by atoms with Crippen LogP contribution in [0.15, 0.2) is 39.3 Å². The van der Waals surface area contributed by atoms with Crippen LogP contribution in [0.3, 0.4) is 0 Å². The molecule has 0 atom stereocenters. The Bertz CT molecular complexity index is 718. The third-order valence-electron chi connectivity index (χ3n) is 2.70. The highest BCUT2D eigenvalue weighted by Gasteiger charge is 2.11. The normalized spacial score (nSPS) is 10.0. The molecule has 0 unspecified atom stereocenters. The lowest BCUT2D eigenvalue weighted by Crippen LogP contribution is -2.01. The molecule has 0 saturated carbocycles. The third-order valence-corrected chi connectivity index (χ3v) is 3.88. The zero-order valence-electron chi connectivity index (χ0n) is 10.6. The SMILES string of the molecule is N#Cc1ccc(F)c(COc2c(Br)cc(C=O)cc2Br)c1. The van der Waals surface area contributed by atoms with Crippen LogP contribution in [0.4, 0.5) is 4.39 Å². The van der Waals surface area contributed by atoms with E-state index in [9.17, 15) is 9.18 Å². The number of benzene rings is 2. The number of hydrogen-bond donors (Lipinski definition) is 0. The van der Waals surface area contributed by atoms with Gasteiger partial charge in [-0.05, 0) is 62.2 Å². The molecule has 0 saturated heterocycles. The molecule has 0 spiro atoms. The molecule has 21 heavy (non-hydrogen) atoms. The molecule has 0 aromatic heterocycles. The summed E-state index contributed by atoms with van der Waals surface area (Å²) in [5, 5.41) is 8.82. The molecule has 0 radical (unpaired) electrons. The molecule has 0 bridgehead atoms. The molecule has 2 aromatic rings. The van der Waals surface area contributed by atoms with E-state index in [1.165, 1.54) is 18.2 Å². The molecule has 3 nitrogen and oxygen atoms in total. The van der Waals surface area contributed by atoms with Gasteiger partial charge in [-0.2, -0.15) is 5.26 Å². The summed E-state index contributed by atoms with van der Waals surface area (Å²) in [6.07, 6.45) is 0.718. The Labute approximate surface area is 137 Å². The van der Waals surface area contributed by atoms with Crippen molar-refractivity contribution in [3.05, 3.63) is 61.8 Å². The van der Waals surface area contributed by atoms with Gasteiger partial charge >= 0.3 is 0 Å². The minimum absolute atomic E-state index is 0.0288. The highest BCUT2D eigenvalue weighted by atomic mass is 79.9. The van der Waals surface area contributed by atoms with Crippen LogP contribution in [0.1, 0.15) is 21.5 Å². The van der Waals surface area contributed by atoms with E-state index in [4.69, 9.17) is 10.00 Å². The quantitative estimate of drug-likeness (QED) is 0.688. The highest BCUT2D eigenvalue weighted by molar-refractivity contribution is 9.11. The molecule has 6 heteroatoms. The van der Waals surface area contributed by atoms with Crippen molar-refractivity contribution in [1.82, 2.24) is 0 Å². The molecule has 2 aromatic carbocycles. The molecular weight excluding hydrogens is 405 g/mol. The number of carbonyl (C=O) groups excluding carboxylic acids is 1. The van der Waals surface area contributed by atoms with Crippen LogP contribution in [0.2, 0.25) is 0 Å². The Morgan fingerprint density at radius 3 is 2.48 bits per heavy atom. The van der Waals surface area contributed by atoms with E-state index in [1.54, 1.807) is 12.1 Å². The molecule has 0 heterocycles. The molecule has 0 amide bonds. The lowest BCUT2D eigenvalue weighted by molar-refractivity contribution is 0.112. The zero-order chi connectivity index (χ0) is 15.4. The van der Waals surface area contributed by atoms with Gasteiger partial charge in [0.15, 0.2) is 0 Å². The number of hydrogen-bond acceptors (Lipinski definition) is 3. The summed E-state index contributed by atoms with van der Waals surface area (Å²) in [6.45, 7) is -0.0288. The smallest absolute Gasteiger partial charge is 0.150 e. The first kappa shape index (κ1) is 15.7. The highest BCUT2D eigenvalue weighted by Crippen LogP contribution is 2.35. The van der Waals surface area contributed by atoms with Crippen molar-refractivity contribution in [2.45, 2.75) is 6.61 Å². The summed E-state index contributed by atoms with van der Waals surface area (Å²) in [7, 11) is 0. The number of ether oxygens (including phenoxy) is 1. The van der Waals surface area contributed by atoms with Gasteiger partial charge < -0.3 is 4.74 Å². The molecule has 0 aliphatic heterocycles. The molecule has 2 rings (SSSR count). The van der Waals surface area contributed by atoms with E-state index < -0.39 is 5.82 Å². The van der Waals surface area contributed by atoms with E-state index >= 15 is 0 Å². The van der Waals surface area contributed by atoms with Crippen molar-refractivity contribution in [3.8, 4) is 11.8 Å². The van der Waals surface area contributed by atoms with Crippen molar-refractivity contribution in [2.75, 3.05) is 0 Å². The lowest BCUT2D eigenvalue weighted by atomic mass is 10.1. The number of nitrogens with zero attached hydrogens (tertiary/aromatic N) is 1. The fraction of sp³-hybridized carbons (Fsp3) is 0.0667. The summed E-state index contributed by atoms with van der Waals surface area (Å²) in [4.78, 5) is 10.8. The monoisotopic (exact) mass is 411 g/mol. The lowest BCUT2D eigenvalue weighted by Gasteiger charge is -2.11. The second-order valence-corrected chi connectivity index (χ2v) is 5.85. The average molecular weight is 413 g/mol. The molecule has 0 aliphatic rings. The first-order valence-corrected chi connectivity index (χ1v) is 7.39. The Kier molecular flexibility index (Phi) is 5.10. The second-order valence-electron chi connectivity index (χ2n) is 4.14. The standard InChI is InChI=1S/C15H8Br2FNO2/c16-12-4-10(7-20)5-13(17)15(12)21-8-11-3-9(6-19)1-2-14(11)18/h1-5,7H,8H2. The minimum Gasteiger partial charge on any atom is -0.486 e. The van der Waals surface area contributed by atoms with Crippen LogP contribution in [-0.2, 0) is 6.61 Å². The predicted molar refractivity (Wildman–Crippen MR) is 82.7 cm³/mol. The number of carbonyl (C=O) groups is 1. The minimum atomic E-state index is -0.439. The largest absolute Gasteiger partial charge is 0.486 e. The molecular formula is C15H8Br2FNO2. The van der Waals surface area contributed by atoms with Gasteiger partial charge in [0.25, 0.3) is 0 Å². The van der Waals surface area contributed by atoms with E-state index in [0.717, 1.165) is 6.29 Å². The van der Waals surface area contributed by atoms with Crippen molar-refractivity contribution in [1.29, 1.82) is 5.26 Å². The molecule has 0 fully saturated rings. The maximum Gasteiger partial charge on any atom is 0.150 e. The van der Waals surface area contributed by atoms with Crippen molar-refractivity contribution in [3.63, 3.8) is 0 Å². The van der Waals surface area contributed by atoms with Gasteiger partial charge in [-0.25, -0.2) is 4.39 Å². The van der Waals surface area contributed by atoms with Gasteiger partial charge in [0, 0.05) is 11.1 Å². The van der Waals surface area contributed by atoms with E-state index in [2.05, 4.69) is 31.9 Å². The third kappa shape index (κ3) is 3.69.